The molecular weight excluding hydrogens is 196 g/mol. The van der Waals surface area contributed by atoms with Gasteiger partial charge in [-0.2, -0.15) is 0 Å². The minimum absolute atomic E-state index is 0.221. The Morgan fingerprint density at radius 2 is 2.13 bits per heavy atom. The SMILES string of the molecule is O=C(O)c1cncc(N2CCOCC2)c1. The molecule has 0 radical (unpaired) electrons. The van der Waals surface area contributed by atoms with E-state index >= 15 is 0 Å². The van der Waals surface area contributed by atoms with Gasteiger partial charge in [0, 0.05) is 19.3 Å². The third-order valence-corrected chi connectivity index (χ3v) is 2.35. The van der Waals surface area contributed by atoms with E-state index in [1.807, 2.05) is 0 Å². The summed E-state index contributed by atoms with van der Waals surface area (Å²) in [6.45, 7) is 2.92. The van der Waals surface area contributed by atoms with E-state index < -0.39 is 5.97 Å². The molecule has 1 fully saturated rings. The average Bonchev–Trinajstić information content (AvgIpc) is 2.30. The molecule has 0 aliphatic carbocycles. The largest absolute Gasteiger partial charge is 0.478 e. The lowest BCUT2D eigenvalue weighted by atomic mass is 10.2. The van der Waals surface area contributed by atoms with Gasteiger partial charge >= 0.3 is 5.97 Å². The van der Waals surface area contributed by atoms with Crippen molar-refractivity contribution in [1.82, 2.24) is 4.98 Å². The number of hydrogen-bond acceptors (Lipinski definition) is 4. The molecule has 1 saturated heterocycles. The molecule has 5 nitrogen and oxygen atoms in total. The summed E-state index contributed by atoms with van der Waals surface area (Å²) < 4.78 is 5.22. The van der Waals surface area contributed by atoms with Crippen LogP contribution in [0.2, 0.25) is 0 Å². The van der Waals surface area contributed by atoms with E-state index in [0.29, 0.717) is 13.2 Å². The number of morpholine rings is 1. The standard InChI is InChI=1S/C10H12N2O3/c13-10(14)8-5-9(7-11-6-8)12-1-3-15-4-2-12/h5-7H,1-4H2,(H,13,14). The molecule has 2 rings (SSSR count). The lowest BCUT2D eigenvalue weighted by Gasteiger charge is -2.28. The first-order valence-electron chi connectivity index (χ1n) is 4.78. The summed E-state index contributed by atoms with van der Waals surface area (Å²) in [4.78, 5) is 16.7. The Kier molecular flexibility index (Phi) is 2.82. The Morgan fingerprint density at radius 1 is 1.40 bits per heavy atom. The highest BCUT2D eigenvalue weighted by molar-refractivity contribution is 5.88. The van der Waals surface area contributed by atoms with Crippen molar-refractivity contribution in [1.29, 1.82) is 0 Å². The number of anilines is 1. The van der Waals surface area contributed by atoms with Gasteiger partial charge < -0.3 is 14.7 Å². The van der Waals surface area contributed by atoms with E-state index in [0.717, 1.165) is 18.8 Å². The van der Waals surface area contributed by atoms with E-state index in [1.54, 1.807) is 12.3 Å². The van der Waals surface area contributed by atoms with E-state index in [2.05, 4.69) is 9.88 Å². The van der Waals surface area contributed by atoms with E-state index in [9.17, 15) is 4.79 Å². The highest BCUT2D eigenvalue weighted by Gasteiger charge is 2.13. The van der Waals surface area contributed by atoms with Crippen LogP contribution in [0.25, 0.3) is 0 Å². The van der Waals surface area contributed by atoms with Gasteiger partial charge in [-0.3, -0.25) is 4.98 Å². The minimum Gasteiger partial charge on any atom is -0.478 e. The third-order valence-electron chi connectivity index (χ3n) is 2.35. The fraction of sp³-hybridized carbons (Fsp3) is 0.400. The number of carboxylic acids is 1. The molecule has 1 aliphatic heterocycles. The van der Waals surface area contributed by atoms with Crippen molar-refractivity contribution in [3.05, 3.63) is 24.0 Å². The molecule has 0 atom stereocenters. The van der Waals surface area contributed by atoms with Gasteiger partial charge in [-0.05, 0) is 6.07 Å². The molecule has 1 aromatic heterocycles. The zero-order valence-electron chi connectivity index (χ0n) is 8.22. The fourth-order valence-corrected chi connectivity index (χ4v) is 1.54. The lowest BCUT2D eigenvalue weighted by Crippen LogP contribution is -2.36. The first-order valence-corrected chi connectivity index (χ1v) is 4.78. The smallest absolute Gasteiger partial charge is 0.337 e. The highest BCUT2D eigenvalue weighted by Crippen LogP contribution is 2.15. The van der Waals surface area contributed by atoms with Crippen LogP contribution >= 0.6 is 0 Å². The molecule has 15 heavy (non-hydrogen) atoms. The van der Waals surface area contributed by atoms with Crippen molar-refractivity contribution in [3.8, 4) is 0 Å². The minimum atomic E-state index is -0.947. The third kappa shape index (κ3) is 2.24. The number of aromatic carboxylic acids is 1. The number of nitrogens with zero attached hydrogens (tertiary/aromatic N) is 2. The van der Waals surface area contributed by atoms with Crippen LogP contribution in [0, 0.1) is 0 Å². The van der Waals surface area contributed by atoms with Gasteiger partial charge in [-0.25, -0.2) is 4.79 Å². The fourth-order valence-electron chi connectivity index (χ4n) is 1.54. The second-order valence-electron chi connectivity index (χ2n) is 3.34. The van der Waals surface area contributed by atoms with Crippen LogP contribution in [0.5, 0.6) is 0 Å². The summed E-state index contributed by atoms with van der Waals surface area (Å²) in [6, 6.07) is 1.64. The van der Waals surface area contributed by atoms with Crippen LogP contribution in [0.3, 0.4) is 0 Å². The average molecular weight is 208 g/mol. The summed E-state index contributed by atoms with van der Waals surface area (Å²) in [6.07, 6.45) is 3.03. The maximum atomic E-state index is 10.8. The van der Waals surface area contributed by atoms with Crippen LogP contribution in [0.15, 0.2) is 18.5 Å². The maximum Gasteiger partial charge on any atom is 0.337 e. The molecule has 1 aromatic rings. The molecule has 0 bridgehead atoms. The molecule has 2 heterocycles. The molecule has 0 spiro atoms. The van der Waals surface area contributed by atoms with Crippen molar-refractivity contribution in [2.45, 2.75) is 0 Å². The Hall–Kier alpha value is -1.62. The molecule has 1 N–H and O–H groups in total. The van der Waals surface area contributed by atoms with Crippen molar-refractivity contribution >= 4 is 11.7 Å². The second-order valence-corrected chi connectivity index (χ2v) is 3.34. The van der Waals surface area contributed by atoms with Crippen LogP contribution in [0.1, 0.15) is 10.4 Å². The van der Waals surface area contributed by atoms with Crippen molar-refractivity contribution in [2.75, 3.05) is 31.2 Å². The first kappa shape index (κ1) is 9.92. The molecule has 0 aromatic carbocycles. The highest BCUT2D eigenvalue weighted by atomic mass is 16.5. The molecule has 0 saturated carbocycles. The number of hydrogen-bond donors (Lipinski definition) is 1. The molecule has 0 amide bonds. The molecule has 5 heteroatoms. The Balaban J connectivity index is 2.19. The number of pyridine rings is 1. The van der Waals surface area contributed by atoms with Gasteiger partial charge in [0.1, 0.15) is 0 Å². The summed E-state index contributed by atoms with van der Waals surface area (Å²) in [5.41, 5.74) is 1.07. The van der Waals surface area contributed by atoms with E-state index in [-0.39, 0.29) is 5.56 Å². The first-order chi connectivity index (χ1) is 7.27. The number of rotatable bonds is 2. The summed E-state index contributed by atoms with van der Waals surface area (Å²) in [7, 11) is 0. The van der Waals surface area contributed by atoms with Crippen LogP contribution in [-0.2, 0) is 4.74 Å². The number of aromatic nitrogens is 1. The van der Waals surface area contributed by atoms with Crippen molar-refractivity contribution < 1.29 is 14.6 Å². The second kappa shape index (κ2) is 4.27. The van der Waals surface area contributed by atoms with Gasteiger partial charge in [-0.15, -0.1) is 0 Å². The maximum absolute atomic E-state index is 10.8. The van der Waals surface area contributed by atoms with Crippen LogP contribution in [-0.4, -0.2) is 42.4 Å². The summed E-state index contributed by atoms with van der Waals surface area (Å²) in [5.74, 6) is -0.947. The molecule has 1 aliphatic rings. The monoisotopic (exact) mass is 208 g/mol. The van der Waals surface area contributed by atoms with Gasteiger partial charge in [0.15, 0.2) is 0 Å². The topological polar surface area (TPSA) is 62.7 Å². The summed E-state index contributed by atoms with van der Waals surface area (Å²) >= 11 is 0. The number of ether oxygens (including phenoxy) is 1. The molecule has 0 unspecified atom stereocenters. The van der Waals surface area contributed by atoms with E-state index in [1.165, 1.54) is 6.20 Å². The van der Waals surface area contributed by atoms with Gasteiger partial charge in [0.05, 0.1) is 30.7 Å². The lowest BCUT2D eigenvalue weighted by molar-refractivity contribution is 0.0696. The van der Waals surface area contributed by atoms with Crippen molar-refractivity contribution in [2.24, 2.45) is 0 Å². The summed E-state index contributed by atoms with van der Waals surface area (Å²) in [5, 5.41) is 8.82. The molecule has 80 valence electrons. The van der Waals surface area contributed by atoms with Gasteiger partial charge in [0.2, 0.25) is 0 Å². The molecular formula is C10H12N2O3. The van der Waals surface area contributed by atoms with Crippen molar-refractivity contribution in [3.63, 3.8) is 0 Å². The Labute approximate surface area is 87.3 Å². The predicted octanol–water partition coefficient (Wildman–Crippen LogP) is 0.616. The Bertz CT molecular complexity index is 361. The van der Waals surface area contributed by atoms with Gasteiger partial charge in [0.25, 0.3) is 0 Å². The zero-order chi connectivity index (χ0) is 10.7. The van der Waals surface area contributed by atoms with Gasteiger partial charge in [-0.1, -0.05) is 0 Å². The van der Waals surface area contributed by atoms with Crippen LogP contribution < -0.4 is 4.90 Å². The normalized spacial score (nSPS) is 16.4. The zero-order valence-corrected chi connectivity index (χ0v) is 8.22. The number of carbonyl (C=O) groups is 1. The Morgan fingerprint density at radius 3 is 2.80 bits per heavy atom. The quantitative estimate of drug-likeness (QED) is 0.771. The van der Waals surface area contributed by atoms with Crippen LogP contribution in [0.4, 0.5) is 5.69 Å². The number of carboxylic acid groups (broad SMARTS) is 1. The predicted molar refractivity (Wildman–Crippen MR) is 54.2 cm³/mol. The van der Waals surface area contributed by atoms with E-state index in [4.69, 9.17) is 9.84 Å².